The van der Waals surface area contributed by atoms with Gasteiger partial charge in [-0.25, -0.2) is 9.59 Å². The molecule has 0 saturated carbocycles. The Balaban J connectivity index is 1.53. The maximum Gasteiger partial charge on any atom is 0.410 e. The molecule has 0 unspecified atom stereocenters. The molecule has 0 spiro atoms. The second kappa shape index (κ2) is 13.9. The van der Waals surface area contributed by atoms with Gasteiger partial charge in [0.25, 0.3) is 11.4 Å². The standard InChI is InChI=1S/C27H32N4O9S/c1-18(32)41-24-14-23(29(15-24)26(34)40-17-20-6-10-22(11-7-20)31(37)38)12-13-27(2,3)28-25(33)39-16-19-4-8-21(9-5-19)30(35)36/h4-11,23-24H,12-17H2,1-3H3,(H,28,33)/t23-,24-/m0/s1. The average Bonchev–Trinajstić information content (AvgIpc) is 3.31. The second-order valence-corrected chi connectivity index (χ2v) is 11.8. The summed E-state index contributed by atoms with van der Waals surface area (Å²) in [4.78, 5) is 59.3. The molecule has 2 aromatic carbocycles. The van der Waals surface area contributed by atoms with Gasteiger partial charge in [0.15, 0.2) is 5.12 Å². The number of ether oxygens (including phenoxy) is 2. The number of amides is 2. The quantitative estimate of drug-likeness (QED) is 0.266. The van der Waals surface area contributed by atoms with Crippen molar-refractivity contribution in [3.63, 3.8) is 0 Å². The van der Waals surface area contributed by atoms with Gasteiger partial charge in [0.05, 0.1) is 9.85 Å². The van der Waals surface area contributed by atoms with Gasteiger partial charge in [0, 0.05) is 54.6 Å². The first kappa shape index (κ1) is 31.3. The molecule has 220 valence electrons. The molecule has 41 heavy (non-hydrogen) atoms. The number of alkyl carbamates (subject to hydrolysis) is 1. The van der Waals surface area contributed by atoms with Gasteiger partial charge in [-0.1, -0.05) is 11.8 Å². The van der Waals surface area contributed by atoms with Gasteiger partial charge < -0.3 is 19.7 Å². The largest absolute Gasteiger partial charge is 0.445 e. The number of nitro benzene ring substituents is 2. The molecule has 0 aromatic heterocycles. The number of benzene rings is 2. The van der Waals surface area contributed by atoms with Gasteiger partial charge in [-0.2, -0.15) is 0 Å². The Morgan fingerprint density at radius 1 is 0.951 bits per heavy atom. The number of non-ortho nitro benzene ring substituents is 2. The predicted molar refractivity (Wildman–Crippen MR) is 150 cm³/mol. The van der Waals surface area contributed by atoms with E-state index in [1.807, 2.05) is 13.8 Å². The van der Waals surface area contributed by atoms with Crippen LogP contribution in [-0.2, 0) is 27.5 Å². The number of carbonyl (C=O) groups excluding carboxylic acids is 3. The molecule has 1 aliphatic heterocycles. The Hall–Kier alpha value is -4.20. The predicted octanol–water partition coefficient (Wildman–Crippen LogP) is 5.35. The van der Waals surface area contributed by atoms with Crippen LogP contribution in [0.15, 0.2) is 48.5 Å². The van der Waals surface area contributed by atoms with Crippen molar-refractivity contribution in [3.05, 3.63) is 79.9 Å². The van der Waals surface area contributed by atoms with Crippen molar-refractivity contribution in [1.82, 2.24) is 10.2 Å². The molecule has 1 aliphatic rings. The van der Waals surface area contributed by atoms with Crippen LogP contribution in [0.2, 0.25) is 0 Å². The van der Waals surface area contributed by atoms with Crippen molar-refractivity contribution in [1.29, 1.82) is 0 Å². The summed E-state index contributed by atoms with van der Waals surface area (Å²) in [6.45, 7) is 5.35. The zero-order valence-electron chi connectivity index (χ0n) is 22.9. The molecule has 1 N–H and O–H groups in total. The van der Waals surface area contributed by atoms with Crippen LogP contribution in [0.5, 0.6) is 0 Å². The maximum absolute atomic E-state index is 13.0. The first-order chi connectivity index (χ1) is 19.3. The summed E-state index contributed by atoms with van der Waals surface area (Å²) >= 11 is 1.18. The fraction of sp³-hybridized carbons (Fsp3) is 0.444. The number of nitro groups is 2. The number of hydrogen-bond donors (Lipinski definition) is 1. The first-order valence-electron chi connectivity index (χ1n) is 12.8. The van der Waals surface area contributed by atoms with Crippen LogP contribution >= 0.6 is 11.8 Å². The number of carbonyl (C=O) groups is 3. The van der Waals surface area contributed by atoms with Crippen LogP contribution in [-0.4, -0.2) is 55.4 Å². The molecule has 14 heteroatoms. The van der Waals surface area contributed by atoms with Gasteiger partial charge in [-0.05, 0) is 68.5 Å². The zero-order valence-corrected chi connectivity index (χ0v) is 23.8. The number of thioether (sulfide) groups is 1. The number of nitrogens with zero attached hydrogens (tertiary/aromatic N) is 3. The summed E-state index contributed by atoms with van der Waals surface area (Å²) in [5, 5.41) is 24.3. The van der Waals surface area contributed by atoms with Gasteiger partial charge in [-0.15, -0.1) is 0 Å². The SMILES string of the molecule is CC(=O)S[C@H]1C[C@H](CCC(C)(C)NC(=O)OCc2ccc([N+](=O)[O-])cc2)N(C(=O)OCc2ccc([N+](=O)[O-])cc2)C1. The lowest BCUT2D eigenvalue weighted by atomic mass is 9.95. The molecule has 3 rings (SSSR count). The lowest BCUT2D eigenvalue weighted by Crippen LogP contribution is -2.45. The van der Waals surface area contributed by atoms with Crippen molar-refractivity contribution in [2.75, 3.05) is 6.54 Å². The molecule has 0 radical (unpaired) electrons. The van der Waals surface area contributed by atoms with Crippen LogP contribution in [0.1, 0.15) is 51.2 Å². The third kappa shape index (κ3) is 9.74. The Labute approximate surface area is 240 Å². The molecule has 1 saturated heterocycles. The Morgan fingerprint density at radius 3 is 1.95 bits per heavy atom. The fourth-order valence-corrected chi connectivity index (χ4v) is 5.42. The van der Waals surface area contributed by atoms with Crippen molar-refractivity contribution >= 4 is 40.4 Å². The van der Waals surface area contributed by atoms with Crippen LogP contribution in [0.4, 0.5) is 21.0 Å². The lowest BCUT2D eigenvalue weighted by Gasteiger charge is -2.30. The zero-order chi connectivity index (χ0) is 30.2. The van der Waals surface area contributed by atoms with E-state index >= 15 is 0 Å². The van der Waals surface area contributed by atoms with Crippen molar-refractivity contribution in [2.24, 2.45) is 0 Å². The number of rotatable bonds is 11. The topological polar surface area (TPSA) is 171 Å². The van der Waals surface area contributed by atoms with Crippen molar-refractivity contribution < 1.29 is 33.7 Å². The van der Waals surface area contributed by atoms with E-state index in [4.69, 9.17) is 9.47 Å². The molecular formula is C27H32N4O9S. The molecule has 1 heterocycles. The Morgan fingerprint density at radius 2 is 1.46 bits per heavy atom. The van der Waals surface area contributed by atoms with E-state index in [1.54, 1.807) is 4.90 Å². The van der Waals surface area contributed by atoms with Crippen LogP contribution in [0, 0.1) is 20.2 Å². The summed E-state index contributed by atoms with van der Waals surface area (Å²) in [7, 11) is 0. The normalized spacial score (nSPS) is 16.6. The van der Waals surface area contributed by atoms with E-state index in [1.165, 1.54) is 67.2 Å². The van der Waals surface area contributed by atoms with Crippen LogP contribution in [0.3, 0.4) is 0 Å². The van der Waals surface area contributed by atoms with Crippen LogP contribution in [0.25, 0.3) is 0 Å². The third-order valence-electron chi connectivity index (χ3n) is 6.51. The van der Waals surface area contributed by atoms with Crippen LogP contribution < -0.4 is 5.32 Å². The lowest BCUT2D eigenvalue weighted by molar-refractivity contribution is -0.385. The maximum atomic E-state index is 13.0. The van der Waals surface area contributed by atoms with E-state index in [-0.39, 0.29) is 41.0 Å². The summed E-state index contributed by atoms with van der Waals surface area (Å²) in [6, 6.07) is 11.2. The Bertz CT molecular complexity index is 1270. The number of hydrogen-bond acceptors (Lipinski definition) is 10. The van der Waals surface area contributed by atoms with Gasteiger partial charge in [0.2, 0.25) is 0 Å². The third-order valence-corrected chi connectivity index (χ3v) is 7.52. The molecule has 2 aromatic rings. The highest BCUT2D eigenvalue weighted by Crippen LogP contribution is 2.32. The van der Waals surface area contributed by atoms with E-state index in [9.17, 15) is 34.6 Å². The van der Waals surface area contributed by atoms with E-state index in [2.05, 4.69) is 5.32 Å². The number of nitrogens with one attached hydrogen (secondary N) is 1. The molecule has 0 aliphatic carbocycles. The van der Waals surface area contributed by atoms with E-state index < -0.39 is 27.6 Å². The molecule has 2 atom stereocenters. The van der Waals surface area contributed by atoms with Crippen molar-refractivity contribution in [3.8, 4) is 0 Å². The fourth-order valence-electron chi connectivity index (χ4n) is 4.40. The minimum absolute atomic E-state index is 0.0485. The van der Waals surface area contributed by atoms with E-state index in [0.29, 0.717) is 36.9 Å². The smallest absolute Gasteiger partial charge is 0.410 e. The highest BCUT2D eigenvalue weighted by Gasteiger charge is 2.38. The van der Waals surface area contributed by atoms with Gasteiger partial charge >= 0.3 is 12.2 Å². The molecule has 0 bridgehead atoms. The van der Waals surface area contributed by atoms with Crippen molar-refractivity contribution in [2.45, 2.75) is 70.1 Å². The number of likely N-dealkylation sites (tertiary alicyclic amines) is 1. The molecular weight excluding hydrogens is 556 g/mol. The summed E-state index contributed by atoms with van der Waals surface area (Å²) in [5.41, 5.74) is 0.403. The highest BCUT2D eigenvalue weighted by atomic mass is 32.2. The van der Waals surface area contributed by atoms with Gasteiger partial charge in [-0.3, -0.25) is 25.0 Å². The Kier molecular flexibility index (Phi) is 10.6. The minimum atomic E-state index is -0.688. The first-order valence-corrected chi connectivity index (χ1v) is 13.7. The van der Waals surface area contributed by atoms with Gasteiger partial charge in [0.1, 0.15) is 13.2 Å². The summed E-state index contributed by atoms with van der Waals surface area (Å²) < 4.78 is 10.8. The average molecular weight is 589 g/mol. The highest BCUT2D eigenvalue weighted by molar-refractivity contribution is 8.14. The summed E-state index contributed by atoms with van der Waals surface area (Å²) in [6.07, 6.45) is 0.403. The molecule has 2 amide bonds. The minimum Gasteiger partial charge on any atom is -0.445 e. The second-order valence-electron chi connectivity index (χ2n) is 10.3. The summed E-state index contributed by atoms with van der Waals surface area (Å²) in [5.74, 6) is 0. The van der Waals surface area contributed by atoms with E-state index in [0.717, 1.165) is 0 Å². The monoisotopic (exact) mass is 588 g/mol. The molecule has 13 nitrogen and oxygen atoms in total. The molecule has 1 fully saturated rings.